The number of rotatable bonds is 2. The smallest absolute Gasteiger partial charge is 0.320 e. The molecule has 0 atom stereocenters. The number of alkyl halides is 3. The highest BCUT2D eigenvalue weighted by atomic mass is 32.2. The molecule has 0 spiro atoms. The molecule has 0 N–H and O–H groups in total. The van der Waals surface area contributed by atoms with Crippen LogP contribution in [-0.2, 0) is 14.0 Å². The fourth-order valence-corrected chi connectivity index (χ4v) is 4.79. The van der Waals surface area contributed by atoms with Gasteiger partial charge >= 0.3 is 15.6 Å². The number of hydrogen-bond donors (Lipinski definition) is 0. The molecule has 0 radical (unpaired) electrons. The topological polar surface area (TPSA) is 43.4 Å². The van der Waals surface area contributed by atoms with Gasteiger partial charge in [-0.2, -0.15) is 21.6 Å². The van der Waals surface area contributed by atoms with E-state index in [2.05, 4.69) is 3.87 Å². The van der Waals surface area contributed by atoms with Crippen LogP contribution < -0.4 is 0 Å². The van der Waals surface area contributed by atoms with Gasteiger partial charge in [-0.25, -0.2) is 0 Å². The quantitative estimate of drug-likeness (QED) is 0.400. The summed E-state index contributed by atoms with van der Waals surface area (Å²) in [6.45, 7) is 0. The van der Waals surface area contributed by atoms with E-state index in [4.69, 9.17) is 0 Å². The molecule has 0 aliphatic carbocycles. The zero-order valence-electron chi connectivity index (χ0n) is 4.97. The Hall–Kier alpha value is 0.134. The van der Waals surface area contributed by atoms with Crippen molar-refractivity contribution in [3.63, 3.8) is 0 Å². The molecular weight excluding hydrogens is 205 g/mol. The molecule has 0 amide bonds. The van der Waals surface area contributed by atoms with E-state index in [9.17, 15) is 21.6 Å². The van der Waals surface area contributed by atoms with Crippen LogP contribution in [0.25, 0.3) is 0 Å². The largest absolute Gasteiger partial charge is 0.522 e. The van der Waals surface area contributed by atoms with Crippen LogP contribution in [0.15, 0.2) is 0 Å². The predicted octanol–water partition coefficient (Wildman–Crippen LogP) is -1.78. The molecule has 3 nitrogen and oxygen atoms in total. The maximum absolute atomic E-state index is 11.3. The molecule has 0 aromatic carbocycles. The third kappa shape index (κ3) is 2.40. The molecule has 0 saturated heterocycles. The van der Waals surface area contributed by atoms with Crippen molar-refractivity contribution in [1.29, 1.82) is 0 Å². The van der Waals surface area contributed by atoms with Crippen molar-refractivity contribution >= 4 is 29.2 Å². The fourth-order valence-electron chi connectivity index (χ4n) is 0.222. The van der Waals surface area contributed by atoms with Crippen LogP contribution in [0.5, 0.6) is 0 Å². The summed E-state index contributed by atoms with van der Waals surface area (Å²) in [4.78, 5) is 0. The van der Waals surface area contributed by atoms with Gasteiger partial charge in [0.1, 0.15) is 0 Å². The van der Waals surface area contributed by atoms with Gasteiger partial charge in [0.25, 0.3) is 0 Å². The van der Waals surface area contributed by atoms with E-state index in [0.29, 0.717) is 9.76 Å². The van der Waals surface area contributed by atoms with Gasteiger partial charge in [0.2, 0.25) is 0 Å². The van der Waals surface area contributed by atoms with Crippen LogP contribution in [0.3, 0.4) is 0 Å². The molecule has 0 aliphatic heterocycles. The average molecular weight is 210 g/mol. The molecule has 0 aliphatic rings. The van der Waals surface area contributed by atoms with Crippen molar-refractivity contribution in [3.8, 4) is 0 Å². The van der Waals surface area contributed by atoms with Crippen molar-refractivity contribution in [1.82, 2.24) is 0 Å². The Bertz CT molecular complexity index is 194. The first-order valence-corrected chi connectivity index (χ1v) is 9.91. The maximum Gasteiger partial charge on any atom is 0.522 e. The van der Waals surface area contributed by atoms with Crippen molar-refractivity contribution < 1.29 is 25.5 Å². The van der Waals surface area contributed by atoms with E-state index in [0.717, 1.165) is 0 Å². The third-order valence-electron chi connectivity index (χ3n) is 0.556. The summed E-state index contributed by atoms with van der Waals surface area (Å²) >= 11 is 0. The van der Waals surface area contributed by atoms with Crippen LogP contribution >= 0.6 is 0 Å². The molecular formula is CH5F3O3SSi2. The van der Waals surface area contributed by atoms with Gasteiger partial charge in [-0.15, -0.1) is 0 Å². The van der Waals surface area contributed by atoms with Crippen molar-refractivity contribution in [3.05, 3.63) is 0 Å². The summed E-state index contributed by atoms with van der Waals surface area (Å²) in [7, 11) is -6.30. The second kappa shape index (κ2) is 3.02. The summed E-state index contributed by atoms with van der Waals surface area (Å²) in [6, 6.07) is 0. The summed E-state index contributed by atoms with van der Waals surface area (Å²) in [5.41, 5.74) is -5.25. The minimum Gasteiger partial charge on any atom is -0.320 e. The molecule has 0 rings (SSSR count). The first-order chi connectivity index (χ1) is 4.31. The molecule has 9 heteroatoms. The van der Waals surface area contributed by atoms with Crippen LogP contribution in [-0.4, -0.2) is 33.0 Å². The van der Waals surface area contributed by atoms with Gasteiger partial charge in [0.05, 0.1) is 0 Å². The van der Waals surface area contributed by atoms with Gasteiger partial charge in [-0.1, -0.05) is 0 Å². The second-order valence-corrected chi connectivity index (χ2v) is 5.93. The Morgan fingerprint density at radius 1 is 1.40 bits per heavy atom. The molecule has 0 aromatic heterocycles. The summed E-state index contributed by atoms with van der Waals surface area (Å²) in [5.74, 6) is 0. The van der Waals surface area contributed by atoms with E-state index >= 15 is 0 Å². The van der Waals surface area contributed by atoms with E-state index in [1.54, 1.807) is 0 Å². The highest BCUT2D eigenvalue weighted by Crippen LogP contribution is 2.23. The first kappa shape index (κ1) is 10.1. The molecule has 0 heterocycles. The van der Waals surface area contributed by atoms with Crippen LogP contribution in [0, 0.1) is 0 Å². The van der Waals surface area contributed by atoms with E-state index < -0.39 is 24.9 Å². The molecule has 10 heavy (non-hydrogen) atoms. The molecule has 0 saturated carbocycles. The minimum atomic E-state index is -5.25. The Balaban J connectivity index is 4.44. The maximum atomic E-state index is 11.3. The van der Waals surface area contributed by atoms with Gasteiger partial charge in [-0.3, -0.25) is 0 Å². The van der Waals surface area contributed by atoms with Crippen molar-refractivity contribution in [2.24, 2.45) is 0 Å². The third-order valence-corrected chi connectivity index (χ3v) is 5.43. The highest BCUT2D eigenvalue weighted by Gasteiger charge is 2.46. The normalized spacial score (nSPS) is 15.1. The van der Waals surface area contributed by atoms with Gasteiger partial charge in [0.15, 0.2) is 9.28 Å². The lowest BCUT2D eigenvalue weighted by Crippen LogP contribution is -2.26. The zero-order chi connectivity index (χ0) is 8.41. The Morgan fingerprint density at radius 2 is 1.80 bits per heavy atom. The van der Waals surface area contributed by atoms with Crippen LogP contribution in [0.1, 0.15) is 0 Å². The molecule has 0 aromatic rings. The minimum absolute atomic E-state index is 0.391. The predicted molar refractivity (Wildman–Crippen MR) is 34.5 cm³/mol. The SMILES string of the molecule is O=S(=O)(O[SiH2][SiH3])C(F)(F)F. The van der Waals surface area contributed by atoms with Crippen molar-refractivity contribution in [2.45, 2.75) is 5.51 Å². The Morgan fingerprint density at radius 3 is 1.90 bits per heavy atom. The molecule has 62 valence electrons. The second-order valence-electron chi connectivity index (χ2n) is 1.31. The van der Waals surface area contributed by atoms with Gasteiger partial charge in [0, 0.05) is 9.76 Å². The van der Waals surface area contributed by atoms with Crippen LogP contribution in [0.2, 0.25) is 0 Å². The molecule has 0 fully saturated rings. The van der Waals surface area contributed by atoms with E-state index in [1.165, 1.54) is 0 Å². The molecule has 0 unspecified atom stereocenters. The number of halogens is 3. The Kier molecular flexibility index (Phi) is 3.07. The first-order valence-electron chi connectivity index (χ1n) is 2.27. The van der Waals surface area contributed by atoms with E-state index in [-0.39, 0.29) is 0 Å². The van der Waals surface area contributed by atoms with Crippen molar-refractivity contribution in [2.75, 3.05) is 0 Å². The monoisotopic (exact) mass is 210 g/mol. The fraction of sp³-hybridized carbons (Fsp3) is 1.00. The lowest BCUT2D eigenvalue weighted by Gasteiger charge is -2.05. The van der Waals surface area contributed by atoms with Gasteiger partial charge < -0.3 is 3.87 Å². The zero-order valence-corrected chi connectivity index (χ0v) is 9.20. The highest BCUT2D eigenvalue weighted by molar-refractivity contribution is 7.88. The summed E-state index contributed by atoms with van der Waals surface area (Å²) < 4.78 is 57.6. The lowest BCUT2D eigenvalue weighted by atomic mass is 11.6. The lowest BCUT2D eigenvalue weighted by molar-refractivity contribution is -0.0498. The number of hydrogen-bond acceptors (Lipinski definition) is 3. The summed E-state index contributed by atoms with van der Waals surface area (Å²) in [5, 5.41) is 0. The average Bonchev–Trinajstić information content (AvgIpc) is 1.61. The molecule has 0 bridgehead atoms. The van der Waals surface area contributed by atoms with E-state index in [1.807, 2.05) is 0 Å². The summed E-state index contributed by atoms with van der Waals surface area (Å²) in [6.07, 6.45) is 0. The standard InChI is InChI=1S/CH5F3O3SSi2/c2-1(3,4)8(5,6)7-10-9/h10H2,9H3. The van der Waals surface area contributed by atoms with Gasteiger partial charge in [-0.05, 0) is 0 Å². The van der Waals surface area contributed by atoms with Crippen LogP contribution in [0.4, 0.5) is 13.2 Å². The Labute approximate surface area is 60.8 Å².